The molecule has 0 spiro atoms. The number of carbonyl (C=O) groups excluding carboxylic acids is 3. The summed E-state index contributed by atoms with van der Waals surface area (Å²) in [6, 6.07) is 4.87. The van der Waals surface area contributed by atoms with Gasteiger partial charge in [0.1, 0.15) is 0 Å². The molecule has 0 unspecified atom stereocenters. The summed E-state index contributed by atoms with van der Waals surface area (Å²) in [5.41, 5.74) is 0.441. The van der Waals surface area contributed by atoms with Crippen LogP contribution < -0.4 is 10.6 Å². The molecule has 0 heterocycles. The van der Waals surface area contributed by atoms with Gasteiger partial charge in [0.15, 0.2) is 6.61 Å². The molecule has 0 fully saturated rings. The number of halogens is 2. The summed E-state index contributed by atoms with van der Waals surface area (Å²) in [6.45, 7) is -0.652. The second-order valence-corrected chi connectivity index (χ2v) is 4.80. The van der Waals surface area contributed by atoms with Crippen LogP contribution in [0.25, 0.3) is 0 Å². The smallest absolute Gasteiger partial charge is 0.310 e. The summed E-state index contributed by atoms with van der Waals surface area (Å²) in [6.07, 6.45) is -0.138. The fourth-order valence-corrected chi connectivity index (χ4v) is 1.89. The van der Waals surface area contributed by atoms with E-state index < -0.39 is 18.5 Å². The zero-order valence-corrected chi connectivity index (χ0v) is 12.8. The van der Waals surface area contributed by atoms with Gasteiger partial charge in [-0.15, -0.1) is 0 Å². The molecule has 0 saturated heterocycles. The summed E-state index contributed by atoms with van der Waals surface area (Å²) in [5.74, 6) is -1.56. The van der Waals surface area contributed by atoms with Crippen molar-refractivity contribution in [2.24, 2.45) is 0 Å². The maximum absolute atomic E-state index is 11.6. The SMILES string of the molecule is CNC(=O)CNC(=O)COC(=O)Cc1c(Cl)cccc1Cl. The zero-order valence-electron chi connectivity index (χ0n) is 11.2. The van der Waals surface area contributed by atoms with Gasteiger partial charge in [0, 0.05) is 22.7 Å². The van der Waals surface area contributed by atoms with E-state index in [1.807, 2.05) is 0 Å². The maximum atomic E-state index is 11.6. The number of rotatable bonds is 6. The molecule has 2 amide bonds. The van der Waals surface area contributed by atoms with Crippen molar-refractivity contribution in [1.82, 2.24) is 10.6 Å². The molecule has 1 rings (SSSR count). The van der Waals surface area contributed by atoms with Crippen molar-refractivity contribution in [3.8, 4) is 0 Å². The Morgan fingerprint density at radius 2 is 1.76 bits per heavy atom. The number of hydrogen-bond donors (Lipinski definition) is 2. The summed E-state index contributed by atoms with van der Waals surface area (Å²) < 4.78 is 4.78. The number of carbonyl (C=O) groups is 3. The first-order valence-corrected chi connectivity index (χ1v) is 6.75. The lowest BCUT2D eigenvalue weighted by Crippen LogP contribution is -2.37. The van der Waals surface area contributed by atoms with Crippen LogP contribution in [0.2, 0.25) is 10.0 Å². The van der Waals surface area contributed by atoms with Gasteiger partial charge in [0.05, 0.1) is 13.0 Å². The van der Waals surface area contributed by atoms with Crippen molar-refractivity contribution < 1.29 is 19.1 Å². The summed E-state index contributed by atoms with van der Waals surface area (Å²) >= 11 is 11.8. The predicted octanol–water partition coefficient (Wildman–Crippen LogP) is 0.941. The molecule has 0 aromatic heterocycles. The summed E-state index contributed by atoms with van der Waals surface area (Å²) in [5, 5.41) is 5.34. The van der Waals surface area contributed by atoms with E-state index in [9.17, 15) is 14.4 Å². The molecular weight excluding hydrogens is 319 g/mol. The highest BCUT2D eigenvalue weighted by Gasteiger charge is 2.13. The highest BCUT2D eigenvalue weighted by molar-refractivity contribution is 6.36. The van der Waals surface area contributed by atoms with E-state index in [0.29, 0.717) is 15.6 Å². The predicted molar refractivity (Wildman–Crippen MR) is 78.2 cm³/mol. The van der Waals surface area contributed by atoms with Crippen molar-refractivity contribution in [2.75, 3.05) is 20.2 Å². The number of likely N-dealkylation sites (N-methyl/N-ethyl adjacent to an activating group) is 1. The molecule has 0 aliphatic rings. The Balaban J connectivity index is 2.41. The van der Waals surface area contributed by atoms with Crippen LogP contribution in [0.4, 0.5) is 0 Å². The first kappa shape index (κ1) is 17.3. The number of amides is 2. The molecule has 1 aromatic carbocycles. The standard InChI is InChI=1S/C13H14Cl2N2O4/c1-16-11(18)6-17-12(19)7-21-13(20)5-8-9(14)3-2-4-10(8)15/h2-4H,5-7H2,1H3,(H,16,18)(H,17,19). The van der Waals surface area contributed by atoms with E-state index in [2.05, 4.69) is 10.6 Å². The first-order chi connectivity index (χ1) is 9.93. The van der Waals surface area contributed by atoms with Crippen molar-refractivity contribution in [1.29, 1.82) is 0 Å². The van der Waals surface area contributed by atoms with E-state index in [1.165, 1.54) is 7.05 Å². The van der Waals surface area contributed by atoms with Gasteiger partial charge in [0.2, 0.25) is 5.91 Å². The largest absolute Gasteiger partial charge is 0.455 e. The fourth-order valence-electron chi connectivity index (χ4n) is 1.36. The van der Waals surface area contributed by atoms with Crippen LogP contribution in [-0.2, 0) is 25.5 Å². The number of benzene rings is 1. The minimum atomic E-state index is -0.639. The number of hydrogen-bond acceptors (Lipinski definition) is 4. The molecule has 0 aliphatic heterocycles. The monoisotopic (exact) mass is 332 g/mol. The minimum absolute atomic E-state index is 0.138. The Morgan fingerprint density at radius 3 is 2.33 bits per heavy atom. The van der Waals surface area contributed by atoms with Crippen molar-refractivity contribution in [3.05, 3.63) is 33.8 Å². The zero-order chi connectivity index (χ0) is 15.8. The third-order valence-corrected chi connectivity index (χ3v) is 3.18. The van der Waals surface area contributed by atoms with Gasteiger partial charge in [-0.1, -0.05) is 29.3 Å². The lowest BCUT2D eigenvalue weighted by molar-refractivity contribution is -0.147. The quantitative estimate of drug-likeness (QED) is 0.759. The van der Waals surface area contributed by atoms with E-state index in [-0.39, 0.29) is 18.9 Å². The van der Waals surface area contributed by atoms with E-state index in [4.69, 9.17) is 27.9 Å². The van der Waals surface area contributed by atoms with E-state index >= 15 is 0 Å². The van der Waals surface area contributed by atoms with Gasteiger partial charge in [-0.2, -0.15) is 0 Å². The molecule has 2 N–H and O–H groups in total. The van der Waals surface area contributed by atoms with Crippen LogP contribution in [0, 0.1) is 0 Å². The van der Waals surface area contributed by atoms with Gasteiger partial charge in [0.25, 0.3) is 5.91 Å². The summed E-state index contributed by atoms with van der Waals surface area (Å²) in [7, 11) is 1.45. The molecule has 0 radical (unpaired) electrons. The summed E-state index contributed by atoms with van der Waals surface area (Å²) in [4.78, 5) is 33.9. The van der Waals surface area contributed by atoms with Gasteiger partial charge >= 0.3 is 5.97 Å². The Bertz CT molecular complexity index is 529. The number of ether oxygens (including phenoxy) is 1. The number of nitrogens with one attached hydrogen (secondary N) is 2. The molecule has 0 atom stereocenters. The van der Waals surface area contributed by atoms with Crippen LogP contribution >= 0.6 is 23.2 Å². The average molecular weight is 333 g/mol. The number of esters is 1. The van der Waals surface area contributed by atoms with Crippen LogP contribution in [0.1, 0.15) is 5.56 Å². The molecule has 8 heteroatoms. The molecule has 0 aliphatic carbocycles. The van der Waals surface area contributed by atoms with Gasteiger partial charge < -0.3 is 15.4 Å². The third-order valence-electron chi connectivity index (χ3n) is 2.47. The molecule has 0 bridgehead atoms. The molecule has 114 valence electrons. The van der Waals surface area contributed by atoms with Crippen molar-refractivity contribution >= 4 is 41.0 Å². The van der Waals surface area contributed by atoms with E-state index in [1.54, 1.807) is 18.2 Å². The maximum Gasteiger partial charge on any atom is 0.310 e. The average Bonchev–Trinajstić information content (AvgIpc) is 2.46. The minimum Gasteiger partial charge on any atom is -0.455 e. The van der Waals surface area contributed by atoms with Crippen LogP contribution in [-0.4, -0.2) is 38.0 Å². The van der Waals surface area contributed by atoms with Crippen LogP contribution in [0.3, 0.4) is 0 Å². The second kappa shape index (κ2) is 8.49. The van der Waals surface area contributed by atoms with E-state index in [0.717, 1.165) is 0 Å². The highest BCUT2D eigenvalue weighted by Crippen LogP contribution is 2.24. The molecule has 0 saturated carbocycles. The molecule has 1 aromatic rings. The lowest BCUT2D eigenvalue weighted by atomic mass is 10.1. The Kier molecular flexibility index (Phi) is 6.98. The molecule has 6 nitrogen and oxygen atoms in total. The normalized spacial score (nSPS) is 9.86. The Hall–Kier alpha value is -1.79. The van der Waals surface area contributed by atoms with Crippen molar-refractivity contribution in [2.45, 2.75) is 6.42 Å². The van der Waals surface area contributed by atoms with Gasteiger partial charge in [-0.25, -0.2) is 0 Å². The lowest BCUT2D eigenvalue weighted by Gasteiger charge is -2.08. The van der Waals surface area contributed by atoms with Crippen LogP contribution in [0.15, 0.2) is 18.2 Å². The Labute approximate surface area is 131 Å². The third kappa shape index (κ3) is 6.01. The molecule has 21 heavy (non-hydrogen) atoms. The van der Waals surface area contributed by atoms with Gasteiger partial charge in [-0.05, 0) is 12.1 Å². The topological polar surface area (TPSA) is 84.5 Å². The molecular formula is C13H14Cl2N2O4. The van der Waals surface area contributed by atoms with Crippen LogP contribution in [0.5, 0.6) is 0 Å². The Morgan fingerprint density at radius 1 is 1.14 bits per heavy atom. The first-order valence-electron chi connectivity index (χ1n) is 5.99. The second-order valence-electron chi connectivity index (χ2n) is 3.99. The van der Waals surface area contributed by atoms with Gasteiger partial charge in [-0.3, -0.25) is 14.4 Å². The highest BCUT2D eigenvalue weighted by atomic mass is 35.5. The fraction of sp³-hybridized carbons (Fsp3) is 0.308. The van der Waals surface area contributed by atoms with Crippen molar-refractivity contribution in [3.63, 3.8) is 0 Å².